The van der Waals surface area contributed by atoms with Crippen molar-refractivity contribution in [1.82, 2.24) is 9.55 Å². The lowest BCUT2D eigenvalue weighted by Crippen LogP contribution is -2.41. The highest BCUT2D eigenvalue weighted by molar-refractivity contribution is 6.42. The molecule has 0 aliphatic heterocycles. The molecule has 1 aromatic carbocycles. The maximum atomic E-state index is 13.3. The Hall–Kier alpha value is -2.97. The molecule has 0 radical (unpaired) electrons. The lowest BCUT2D eigenvalue weighted by molar-refractivity contribution is 0.0983. The van der Waals surface area contributed by atoms with Gasteiger partial charge in [-0.2, -0.15) is 0 Å². The Morgan fingerprint density at radius 3 is 2.63 bits per heavy atom. The topological polar surface area (TPSA) is 114 Å². The van der Waals surface area contributed by atoms with Crippen LogP contribution in [-0.4, -0.2) is 15.5 Å². The summed E-state index contributed by atoms with van der Waals surface area (Å²) in [6, 6.07) is 7.69. The summed E-state index contributed by atoms with van der Waals surface area (Å²) >= 11 is 12.0. The third kappa shape index (κ3) is 4.44. The monoisotopic (exact) mass is 450 g/mol. The number of halogens is 2. The van der Waals surface area contributed by atoms with Crippen LogP contribution in [0.3, 0.4) is 0 Å². The van der Waals surface area contributed by atoms with Gasteiger partial charge in [0.1, 0.15) is 11.6 Å². The number of furan rings is 1. The second-order valence-corrected chi connectivity index (χ2v) is 7.41. The van der Waals surface area contributed by atoms with E-state index in [1.807, 2.05) is 6.92 Å². The lowest BCUT2D eigenvalue weighted by atomic mass is 10.1. The molecule has 0 atom stereocenters. The maximum absolute atomic E-state index is 13.3. The largest absolute Gasteiger partial charge is 0.467 e. The van der Waals surface area contributed by atoms with Crippen molar-refractivity contribution in [3.05, 3.63) is 78.8 Å². The number of anilines is 2. The minimum Gasteiger partial charge on any atom is -0.467 e. The van der Waals surface area contributed by atoms with Crippen molar-refractivity contribution >= 4 is 40.6 Å². The smallest absolute Gasteiger partial charge is 0.330 e. The summed E-state index contributed by atoms with van der Waals surface area (Å²) in [4.78, 5) is 41.7. The van der Waals surface area contributed by atoms with Gasteiger partial charge in [0, 0.05) is 12.1 Å². The number of carbonyl (C=O) groups is 1. The molecule has 0 bridgehead atoms. The van der Waals surface area contributed by atoms with Crippen molar-refractivity contribution in [2.45, 2.75) is 32.9 Å². The number of nitrogens with zero attached hydrogens (tertiary/aromatic N) is 2. The Morgan fingerprint density at radius 1 is 1.23 bits per heavy atom. The first-order chi connectivity index (χ1) is 14.3. The summed E-state index contributed by atoms with van der Waals surface area (Å²) in [6.45, 7) is 2.19. The molecule has 0 fully saturated rings. The van der Waals surface area contributed by atoms with Crippen LogP contribution in [0.2, 0.25) is 10.0 Å². The number of hydrogen-bond donors (Lipinski definition) is 2. The summed E-state index contributed by atoms with van der Waals surface area (Å²) in [6.07, 6.45) is 2.94. The molecule has 10 heteroatoms. The fourth-order valence-corrected chi connectivity index (χ4v) is 3.27. The predicted octanol–water partition coefficient (Wildman–Crippen LogP) is 3.67. The number of amides is 1. The summed E-state index contributed by atoms with van der Waals surface area (Å²) in [7, 11) is 0. The fraction of sp³-hybridized carbons (Fsp3) is 0.250. The second kappa shape index (κ2) is 9.23. The molecule has 2 aromatic heterocycles. The molecular weight excluding hydrogens is 431 g/mol. The number of nitrogen functional groups attached to an aromatic ring is 1. The van der Waals surface area contributed by atoms with Crippen LogP contribution in [-0.2, 0) is 13.1 Å². The number of hydrogen-bond acceptors (Lipinski definition) is 5. The standard InChI is InChI=1S/C20H20Cl2N4O4/c1-2-3-8-25-17(23)16(18(27)24-20(25)29)26(11-13-5-4-9-30-13)19(28)12-6-7-14(21)15(22)10-12/h4-7,9-10H,2-3,8,11,23H2,1H3,(H,24,27,29). The van der Waals surface area contributed by atoms with Gasteiger partial charge in [-0.1, -0.05) is 36.5 Å². The summed E-state index contributed by atoms with van der Waals surface area (Å²) in [5, 5.41) is 0.478. The Bertz CT molecular complexity index is 1170. The van der Waals surface area contributed by atoms with Gasteiger partial charge in [-0.05, 0) is 36.8 Å². The number of nitrogens with two attached hydrogens (primary N) is 1. The zero-order valence-corrected chi connectivity index (χ0v) is 17.7. The van der Waals surface area contributed by atoms with Crippen LogP contribution in [0.1, 0.15) is 35.9 Å². The molecule has 0 saturated carbocycles. The van der Waals surface area contributed by atoms with Gasteiger partial charge in [-0.3, -0.25) is 24.0 Å². The lowest BCUT2D eigenvalue weighted by Gasteiger charge is -2.24. The molecule has 158 valence electrons. The molecule has 0 unspecified atom stereocenters. The van der Waals surface area contributed by atoms with E-state index >= 15 is 0 Å². The third-order valence-electron chi connectivity index (χ3n) is 4.53. The summed E-state index contributed by atoms with van der Waals surface area (Å²) in [5.74, 6) is -0.228. The van der Waals surface area contributed by atoms with E-state index < -0.39 is 17.2 Å². The number of rotatable bonds is 7. The van der Waals surface area contributed by atoms with Crippen molar-refractivity contribution in [3.63, 3.8) is 0 Å². The SMILES string of the molecule is CCCCn1c(N)c(N(Cc2ccco2)C(=O)c2ccc(Cl)c(Cl)c2)c(=O)[nH]c1=O. The van der Waals surface area contributed by atoms with Gasteiger partial charge in [0.15, 0.2) is 5.69 Å². The molecule has 2 heterocycles. The molecule has 3 rings (SSSR count). The van der Waals surface area contributed by atoms with Crippen LogP contribution in [0.5, 0.6) is 0 Å². The predicted molar refractivity (Wildman–Crippen MR) is 116 cm³/mol. The third-order valence-corrected chi connectivity index (χ3v) is 5.26. The first kappa shape index (κ1) is 21.7. The highest BCUT2D eigenvalue weighted by atomic mass is 35.5. The molecule has 0 spiro atoms. The van der Waals surface area contributed by atoms with Crippen molar-refractivity contribution < 1.29 is 9.21 Å². The minimum absolute atomic E-state index is 0.0780. The average molecular weight is 451 g/mol. The van der Waals surface area contributed by atoms with Gasteiger partial charge in [0.2, 0.25) is 0 Å². The summed E-state index contributed by atoms with van der Waals surface area (Å²) < 4.78 is 6.60. The van der Waals surface area contributed by atoms with E-state index in [-0.39, 0.29) is 33.7 Å². The van der Waals surface area contributed by atoms with Crippen LogP contribution >= 0.6 is 23.2 Å². The van der Waals surface area contributed by atoms with Crippen LogP contribution in [0.15, 0.2) is 50.6 Å². The Kier molecular flexibility index (Phi) is 6.69. The Balaban J connectivity index is 2.15. The highest BCUT2D eigenvalue weighted by Gasteiger charge is 2.26. The van der Waals surface area contributed by atoms with Crippen molar-refractivity contribution in [1.29, 1.82) is 0 Å². The number of carbonyl (C=O) groups excluding carboxylic acids is 1. The second-order valence-electron chi connectivity index (χ2n) is 6.60. The Morgan fingerprint density at radius 2 is 2.00 bits per heavy atom. The number of H-pyrrole nitrogens is 1. The molecule has 1 amide bonds. The van der Waals surface area contributed by atoms with E-state index in [1.54, 1.807) is 12.1 Å². The molecule has 0 aliphatic rings. The molecule has 0 saturated heterocycles. The van der Waals surface area contributed by atoms with Gasteiger partial charge in [-0.25, -0.2) is 4.79 Å². The normalized spacial score (nSPS) is 10.9. The molecule has 0 aliphatic carbocycles. The zero-order chi connectivity index (χ0) is 21.8. The van der Waals surface area contributed by atoms with Crippen molar-refractivity contribution in [3.8, 4) is 0 Å². The van der Waals surface area contributed by atoms with Gasteiger partial charge in [-0.15, -0.1) is 0 Å². The van der Waals surface area contributed by atoms with E-state index in [4.69, 9.17) is 33.4 Å². The average Bonchev–Trinajstić information content (AvgIpc) is 3.21. The van der Waals surface area contributed by atoms with Gasteiger partial charge in [0.25, 0.3) is 11.5 Å². The fourth-order valence-electron chi connectivity index (χ4n) is 2.97. The molecule has 8 nitrogen and oxygen atoms in total. The van der Waals surface area contributed by atoms with E-state index in [1.165, 1.54) is 29.0 Å². The molecule has 3 aromatic rings. The number of nitrogens with one attached hydrogen (secondary N) is 1. The molecule has 3 N–H and O–H groups in total. The maximum Gasteiger partial charge on any atom is 0.330 e. The van der Waals surface area contributed by atoms with Crippen molar-refractivity contribution in [2.24, 2.45) is 0 Å². The van der Waals surface area contributed by atoms with Crippen LogP contribution in [0.25, 0.3) is 0 Å². The highest BCUT2D eigenvalue weighted by Crippen LogP contribution is 2.26. The van der Waals surface area contributed by atoms with Gasteiger partial charge >= 0.3 is 5.69 Å². The van der Waals surface area contributed by atoms with E-state index in [9.17, 15) is 14.4 Å². The van der Waals surface area contributed by atoms with Crippen LogP contribution in [0, 0.1) is 0 Å². The molecule has 30 heavy (non-hydrogen) atoms. The van der Waals surface area contributed by atoms with Gasteiger partial charge < -0.3 is 10.2 Å². The van der Waals surface area contributed by atoms with E-state index in [2.05, 4.69) is 4.98 Å². The van der Waals surface area contributed by atoms with Gasteiger partial charge in [0.05, 0.1) is 22.9 Å². The van der Waals surface area contributed by atoms with Crippen molar-refractivity contribution in [2.75, 3.05) is 10.6 Å². The minimum atomic E-state index is -0.773. The van der Waals surface area contributed by atoms with Crippen LogP contribution in [0.4, 0.5) is 11.5 Å². The van der Waals surface area contributed by atoms with E-state index in [0.717, 1.165) is 11.3 Å². The number of aromatic nitrogens is 2. The zero-order valence-electron chi connectivity index (χ0n) is 16.2. The first-order valence-corrected chi connectivity index (χ1v) is 10.0. The number of benzene rings is 1. The van der Waals surface area contributed by atoms with Crippen LogP contribution < -0.4 is 21.9 Å². The number of unbranched alkanes of at least 4 members (excludes halogenated alkanes) is 1. The quantitative estimate of drug-likeness (QED) is 0.569. The summed E-state index contributed by atoms with van der Waals surface area (Å²) in [5.41, 5.74) is 4.85. The molecular formula is C20H20Cl2N4O4. The number of aromatic amines is 1. The van der Waals surface area contributed by atoms with E-state index in [0.29, 0.717) is 18.7 Å². The first-order valence-electron chi connectivity index (χ1n) is 9.25. The Labute approximate surface area is 181 Å².